The van der Waals surface area contributed by atoms with E-state index in [1.807, 2.05) is 24.3 Å². The van der Waals surface area contributed by atoms with Crippen LogP contribution in [0.5, 0.6) is 11.5 Å². The topological polar surface area (TPSA) is 42.8 Å². The van der Waals surface area contributed by atoms with Gasteiger partial charge in [-0.15, -0.1) is 0 Å². The van der Waals surface area contributed by atoms with Crippen molar-refractivity contribution >= 4 is 29.4 Å². The molecule has 0 bridgehead atoms. The van der Waals surface area contributed by atoms with Crippen molar-refractivity contribution in [2.24, 2.45) is 5.10 Å². The molecule has 0 amide bonds. The van der Waals surface area contributed by atoms with Crippen molar-refractivity contribution in [3.63, 3.8) is 0 Å². The third-order valence-corrected chi connectivity index (χ3v) is 3.49. The lowest BCUT2D eigenvalue weighted by Crippen LogP contribution is -2.05. The van der Waals surface area contributed by atoms with Crippen LogP contribution in [0.2, 0.25) is 10.0 Å². The van der Waals surface area contributed by atoms with E-state index in [1.54, 1.807) is 32.6 Å². The van der Waals surface area contributed by atoms with Crippen LogP contribution in [-0.4, -0.2) is 20.4 Å². The molecule has 2 aromatic carbocycles. The smallest absolute Gasteiger partial charge is 0.179 e. The minimum atomic E-state index is 0.473. The van der Waals surface area contributed by atoms with Gasteiger partial charge in [0.1, 0.15) is 0 Å². The Labute approximate surface area is 139 Å². The lowest BCUT2D eigenvalue weighted by molar-refractivity contribution is 0.355. The fourth-order valence-corrected chi connectivity index (χ4v) is 2.29. The summed E-state index contributed by atoms with van der Waals surface area (Å²) in [6, 6.07) is 11.1. The Kier molecular flexibility index (Phi) is 5.92. The van der Waals surface area contributed by atoms with Crippen LogP contribution in [0, 0.1) is 0 Å². The van der Waals surface area contributed by atoms with E-state index in [0.29, 0.717) is 28.1 Å². The second kappa shape index (κ2) is 7.92. The third-order valence-electron chi connectivity index (χ3n) is 2.96. The molecule has 1 N–H and O–H groups in total. The molecule has 0 aliphatic carbocycles. The van der Waals surface area contributed by atoms with Gasteiger partial charge in [0.2, 0.25) is 0 Å². The first-order valence-electron chi connectivity index (χ1n) is 6.56. The Morgan fingerprint density at radius 2 is 1.82 bits per heavy atom. The third kappa shape index (κ3) is 4.29. The lowest BCUT2D eigenvalue weighted by atomic mass is 10.2. The number of benzene rings is 2. The minimum Gasteiger partial charge on any atom is -0.493 e. The number of halogens is 2. The fourth-order valence-electron chi connectivity index (χ4n) is 1.87. The second-order valence-electron chi connectivity index (χ2n) is 4.46. The van der Waals surface area contributed by atoms with Crippen LogP contribution in [0.1, 0.15) is 11.1 Å². The molecule has 4 nitrogen and oxygen atoms in total. The first-order valence-corrected chi connectivity index (χ1v) is 7.31. The van der Waals surface area contributed by atoms with E-state index in [9.17, 15) is 0 Å². The first-order chi connectivity index (χ1) is 10.6. The summed E-state index contributed by atoms with van der Waals surface area (Å²) in [4.78, 5) is 0. The molecule has 116 valence electrons. The SMILES string of the molecule is COc1cc(/C=N\NCc2ccc(Cl)cc2)cc(Cl)c1OC. The summed E-state index contributed by atoms with van der Waals surface area (Å²) < 4.78 is 10.4. The highest BCUT2D eigenvalue weighted by Gasteiger charge is 2.09. The van der Waals surface area contributed by atoms with Crippen LogP contribution in [0.15, 0.2) is 41.5 Å². The summed E-state index contributed by atoms with van der Waals surface area (Å²) in [5.74, 6) is 1.07. The Bertz CT molecular complexity index is 658. The summed E-state index contributed by atoms with van der Waals surface area (Å²) in [6.45, 7) is 0.606. The molecule has 0 fully saturated rings. The zero-order valence-electron chi connectivity index (χ0n) is 12.3. The highest BCUT2D eigenvalue weighted by atomic mass is 35.5. The zero-order chi connectivity index (χ0) is 15.9. The number of nitrogens with one attached hydrogen (secondary N) is 1. The van der Waals surface area contributed by atoms with E-state index < -0.39 is 0 Å². The number of hydrazone groups is 1. The van der Waals surface area contributed by atoms with Crippen molar-refractivity contribution in [2.45, 2.75) is 6.54 Å². The molecule has 0 unspecified atom stereocenters. The van der Waals surface area contributed by atoms with Crippen LogP contribution < -0.4 is 14.9 Å². The Morgan fingerprint density at radius 3 is 2.45 bits per heavy atom. The summed E-state index contributed by atoms with van der Waals surface area (Å²) in [7, 11) is 3.11. The molecule has 0 heterocycles. The van der Waals surface area contributed by atoms with Gasteiger partial charge < -0.3 is 14.9 Å². The molecule has 6 heteroatoms. The van der Waals surface area contributed by atoms with Gasteiger partial charge >= 0.3 is 0 Å². The normalized spacial score (nSPS) is 10.7. The predicted octanol–water partition coefficient (Wildman–Crippen LogP) is 4.13. The van der Waals surface area contributed by atoms with E-state index in [-0.39, 0.29) is 0 Å². The summed E-state index contributed by atoms with van der Waals surface area (Å²) >= 11 is 12.0. The average Bonchev–Trinajstić information content (AvgIpc) is 2.52. The van der Waals surface area contributed by atoms with Gasteiger partial charge in [0.25, 0.3) is 0 Å². The number of hydrogen-bond donors (Lipinski definition) is 1. The van der Waals surface area contributed by atoms with E-state index in [2.05, 4.69) is 10.5 Å². The molecule has 2 aromatic rings. The van der Waals surface area contributed by atoms with E-state index in [1.165, 1.54) is 0 Å². The summed E-state index contributed by atoms with van der Waals surface area (Å²) in [5, 5.41) is 5.36. The standard InChI is InChI=1S/C16H16Cl2N2O2/c1-21-15-8-12(7-14(18)16(15)22-2)10-20-19-9-11-3-5-13(17)6-4-11/h3-8,10,19H,9H2,1-2H3/b20-10-. The van der Waals surface area contributed by atoms with Crippen LogP contribution in [0.25, 0.3) is 0 Å². The number of nitrogens with zero attached hydrogens (tertiary/aromatic N) is 1. The van der Waals surface area contributed by atoms with Gasteiger partial charge in [-0.2, -0.15) is 5.10 Å². The maximum Gasteiger partial charge on any atom is 0.179 e. The maximum absolute atomic E-state index is 6.14. The Balaban J connectivity index is 2.01. The van der Waals surface area contributed by atoms with Crippen LogP contribution in [-0.2, 0) is 6.54 Å². The van der Waals surface area contributed by atoms with Crippen molar-refractivity contribution in [2.75, 3.05) is 14.2 Å². The van der Waals surface area contributed by atoms with E-state index >= 15 is 0 Å². The zero-order valence-corrected chi connectivity index (χ0v) is 13.8. The summed E-state index contributed by atoms with van der Waals surface area (Å²) in [6.07, 6.45) is 1.67. The molecular weight excluding hydrogens is 323 g/mol. The van der Waals surface area contributed by atoms with E-state index in [0.717, 1.165) is 11.1 Å². The monoisotopic (exact) mass is 338 g/mol. The first kappa shape index (κ1) is 16.5. The van der Waals surface area contributed by atoms with Gasteiger partial charge in [0, 0.05) is 5.02 Å². The number of hydrogen-bond acceptors (Lipinski definition) is 4. The summed E-state index contributed by atoms with van der Waals surface area (Å²) in [5.41, 5.74) is 4.87. The van der Waals surface area contributed by atoms with Crippen molar-refractivity contribution < 1.29 is 9.47 Å². The molecule has 0 atom stereocenters. The van der Waals surface area contributed by atoms with Gasteiger partial charge in [0.05, 0.1) is 32.0 Å². The molecule has 0 saturated carbocycles. The van der Waals surface area contributed by atoms with Crippen molar-refractivity contribution in [3.8, 4) is 11.5 Å². The molecule has 22 heavy (non-hydrogen) atoms. The van der Waals surface area contributed by atoms with Gasteiger partial charge in [-0.25, -0.2) is 0 Å². The van der Waals surface area contributed by atoms with Crippen molar-refractivity contribution in [3.05, 3.63) is 57.6 Å². The molecule has 0 aromatic heterocycles. The molecular formula is C16H16Cl2N2O2. The molecule has 0 spiro atoms. The van der Waals surface area contributed by atoms with Gasteiger partial charge in [0.15, 0.2) is 11.5 Å². The van der Waals surface area contributed by atoms with Gasteiger partial charge in [-0.05, 0) is 35.4 Å². The molecule has 0 aliphatic rings. The van der Waals surface area contributed by atoms with Crippen LogP contribution in [0.4, 0.5) is 0 Å². The van der Waals surface area contributed by atoms with Crippen molar-refractivity contribution in [1.29, 1.82) is 0 Å². The molecule has 2 rings (SSSR count). The lowest BCUT2D eigenvalue weighted by Gasteiger charge is -2.10. The Morgan fingerprint density at radius 1 is 1.09 bits per heavy atom. The van der Waals surface area contributed by atoms with Crippen LogP contribution in [0.3, 0.4) is 0 Å². The van der Waals surface area contributed by atoms with E-state index in [4.69, 9.17) is 32.7 Å². The number of ether oxygens (including phenoxy) is 2. The largest absolute Gasteiger partial charge is 0.493 e. The highest BCUT2D eigenvalue weighted by molar-refractivity contribution is 6.32. The minimum absolute atomic E-state index is 0.473. The Hall–Kier alpha value is -1.91. The molecule has 0 saturated heterocycles. The van der Waals surface area contributed by atoms with Gasteiger partial charge in [-0.1, -0.05) is 35.3 Å². The second-order valence-corrected chi connectivity index (χ2v) is 5.30. The number of rotatable bonds is 6. The maximum atomic E-state index is 6.14. The quantitative estimate of drug-likeness (QED) is 0.636. The number of methoxy groups -OCH3 is 2. The van der Waals surface area contributed by atoms with Crippen LogP contribution >= 0.6 is 23.2 Å². The van der Waals surface area contributed by atoms with Gasteiger partial charge in [-0.3, -0.25) is 0 Å². The highest BCUT2D eigenvalue weighted by Crippen LogP contribution is 2.35. The predicted molar refractivity (Wildman–Crippen MR) is 90.4 cm³/mol. The average molecular weight is 339 g/mol. The van der Waals surface area contributed by atoms with Crippen molar-refractivity contribution in [1.82, 2.24) is 5.43 Å². The fraction of sp³-hybridized carbons (Fsp3) is 0.188. The molecule has 0 aliphatic heterocycles. The molecule has 0 radical (unpaired) electrons.